The first-order valence-electron chi connectivity index (χ1n) is 8.10. The van der Waals surface area contributed by atoms with Crippen LogP contribution < -0.4 is 0 Å². The molecule has 0 amide bonds. The molecule has 1 heterocycles. The highest BCUT2D eigenvalue weighted by Gasteiger charge is 2.20. The third-order valence-corrected chi connectivity index (χ3v) is 4.14. The highest BCUT2D eigenvalue weighted by Crippen LogP contribution is 2.19. The Morgan fingerprint density at radius 2 is 2.09 bits per heavy atom. The highest BCUT2D eigenvalue weighted by molar-refractivity contribution is 5.85. The van der Waals surface area contributed by atoms with E-state index in [1.54, 1.807) is 6.92 Å². The van der Waals surface area contributed by atoms with E-state index in [9.17, 15) is 4.79 Å². The Morgan fingerprint density at radius 1 is 1.26 bits per heavy atom. The number of benzene rings is 2. The molecule has 1 aliphatic rings. The van der Waals surface area contributed by atoms with E-state index >= 15 is 0 Å². The Balaban J connectivity index is 1.53. The molecule has 1 saturated heterocycles. The van der Waals surface area contributed by atoms with Crippen molar-refractivity contribution >= 4 is 16.7 Å². The van der Waals surface area contributed by atoms with Gasteiger partial charge in [0, 0.05) is 6.61 Å². The second-order valence-corrected chi connectivity index (χ2v) is 5.86. The van der Waals surface area contributed by atoms with Crippen LogP contribution in [0.5, 0.6) is 0 Å². The molecule has 4 nitrogen and oxygen atoms in total. The normalized spacial score (nSPS) is 18.9. The Hall–Kier alpha value is -1.91. The monoisotopic (exact) mass is 314 g/mol. The molecule has 0 aliphatic carbocycles. The molecule has 0 bridgehead atoms. The van der Waals surface area contributed by atoms with E-state index in [-0.39, 0.29) is 18.7 Å². The Kier molecular flexibility index (Phi) is 5.26. The first kappa shape index (κ1) is 16.0. The minimum absolute atomic E-state index is 0.114. The molecule has 2 atom stereocenters. The second-order valence-electron chi connectivity index (χ2n) is 5.86. The summed E-state index contributed by atoms with van der Waals surface area (Å²) < 4.78 is 16.5. The SMILES string of the molecule is CC(OCC1CCCO1)C(=O)OCc1cccc2ccccc12. The quantitative estimate of drug-likeness (QED) is 0.766. The van der Waals surface area contributed by atoms with Crippen LogP contribution in [0.1, 0.15) is 25.3 Å². The lowest BCUT2D eigenvalue weighted by Gasteiger charge is -2.16. The zero-order chi connectivity index (χ0) is 16.1. The van der Waals surface area contributed by atoms with Gasteiger partial charge in [0.25, 0.3) is 0 Å². The van der Waals surface area contributed by atoms with Crippen molar-refractivity contribution < 1.29 is 19.0 Å². The van der Waals surface area contributed by atoms with Crippen LogP contribution in [0.4, 0.5) is 0 Å². The van der Waals surface area contributed by atoms with E-state index in [0.717, 1.165) is 35.8 Å². The summed E-state index contributed by atoms with van der Waals surface area (Å²) in [7, 11) is 0. The molecule has 0 spiro atoms. The average molecular weight is 314 g/mol. The van der Waals surface area contributed by atoms with Crippen LogP contribution in [-0.4, -0.2) is 31.4 Å². The van der Waals surface area contributed by atoms with Gasteiger partial charge >= 0.3 is 5.97 Å². The van der Waals surface area contributed by atoms with Gasteiger partial charge in [-0.05, 0) is 36.1 Å². The van der Waals surface area contributed by atoms with Crippen LogP contribution >= 0.6 is 0 Å². The topological polar surface area (TPSA) is 44.8 Å². The summed E-state index contributed by atoms with van der Waals surface area (Å²) in [6.45, 7) is 3.21. The van der Waals surface area contributed by atoms with Crippen LogP contribution in [0.25, 0.3) is 10.8 Å². The predicted molar refractivity (Wildman–Crippen MR) is 88.1 cm³/mol. The number of ether oxygens (including phenoxy) is 3. The van der Waals surface area contributed by atoms with Gasteiger partial charge in [-0.25, -0.2) is 4.79 Å². The number of hydrogen-bond donors (Lipinski definition) is 0. The standard InChI is InChI=1S/C19H22O4/c1-14(22-13-17-9-5-11-21-17)19(20)23-12-16-8-4-7-15-6-2-3-10-18(15)16/h2-4,6-8,10,14,17H,5,9,11-13H2,1H3. The minimum Gasteiger partial charge on any atom is -0.459 e. The van der Waals surface area contributed by atoms with Crippen molar-refractivity contribution in [2.24, 2.45) is 0 Å². The van der Waals surface area contributed by atoms with Gasteiger partial charge < -0.3 is 14.2 Å². The van der Waals surface area contributed by atoms with Crippen molar-refractivity contribution in [3.8, 4) is 0 Å². The van der Waals surface area contributed by atoms with Gasteiger partial charge in [-0.3, -0.25) is 0 Å². The number of carbonyl (C=O) groups is 1. The fourth-order valence-corrected chi connectivity index (χ4v) is 2.78. The van der Waals surface area contributed by atoms with E-state index in [2.05, 4.69) is 0 Å². The van der Waals surface area contributed by atoms with Gasteiger partial charge in [0.1, 0.15) is 6.61 Å². The van der Waals surface area contributed by atoms with Crippen LogP contribution in [0, 0.1) is 0 Å². The van der Waals surface area contributed by atoms with E-state index in [4.69, 9.17) is 14.2 Å². The van der Waals surface area contributed by atoms with Crippen LogP contribution in [-0.2, 0) is 25.6 Å². The Labute approximate surface area is 136 Å². The maximum atomic E-state index is 12.1. The number of fused-ring (bicyclic) bond motifs is 1. The van der Waals surface area contributed by atoms with Crippen LogP contribution in [0.2, 0.25) is 0 Å². The summed E-state index contributed by atoms with van der Waals surface area (Å²) in [6, 6.07) is 14.1. The van der Waals surface area contributed by atoms with E-state index in [0.29, 0.717) is 6.61 Å². The molecule has 122 valence electrons. The third kappa shape index (κ3) is 4.09. The third-order valence-electron chi connectivity index (χ3n) is 4.14. The van der Waals surface area contributed by atoms with E-state index in [1.165, 1.54) is 0 Å². The molecule has 0 aromatic heterocycles. The lowest BCUT2D eigenvalue weighted by molar-refractivity contribution is -0.159. The summed E-state index contributed by atoms with van der Waals surface area (Å²) in [5, 5.41) is 2.25. The number of hydrogen-bond acceptors (Lipinski definition) is 4. The van der Waals surface area contributed by atoms with Crippen molar-refractivity contribution in [3.05, 3.63) is 48.0 Å². The maximum Gasteiger partial charge on any atom is 0.335 e. The fourth-order valence-electron chi connectivity index (χ4n) is 2.78. The number of esters is 1. The maximum absolute atomic E-state index is 12.1. The summed E-state index contributed by atoms with van der Waals surface area (Å²) in [5.74, 6) is -0.337. The molecule has 2 aromatic rings. The first-order valence-corrected chi connectivity index (χ1v) is 8.10. The largest absolute Gasteiger partial charge is 0.459 e. The van der Waals surface area contributed by atoms with Crippen molar-refractivity contribution in [1.82, 2.24) is 0 Å². The first-order chi connectivity index (χ1) is 11.2. The molecule has 3 rings (SSSR count). The van der Waals surface area contributed by atoms with Crippen molar-refractivity contribution in [1.29, 1.82) is 0 Å². The lowest BCUT2D eigenvalue weighted by Crippen LogP contribution is -2.27. The second kappa shape index (κ2) is 7.57. The van der Waals surface area contributed by atoms with E-state index in [1.807, 2.05) is 42.5 Å². The lowest BCUT2D eigenvalue weighted by atomic mass is 10.1. The number of carbonyl (C=O) groups excluding carboxylic acids is 1. The summed E-state index contributed by atoms with van der Waals surface area (Å²) in [6.07, 6.45) is 1.60. The van der Waals surface area contributed by atoms with Gasteiger partial charge in [-0.2, -0.15) is 0 Å². The number of rotatable bonds is 6. The van der Waals surface area contributed by atoms with E-state index < -0.39 is 6.10 Å². The van der Waals surface area contributed by atoms with Crippen molar-refractivity contribution in [3.63, 3.8) is 0 Å². The van der Waals surface area contributed by atoms with Gasteiger partial charge in [0.05, 0.1) is 12.7 Å². The zero-order valence-electron chi connectivity index (χ0n) is 13.4. The minimum atomic E-state index is -0.575. The Morgan fingerprint density at radius 3 is 2.91 bits per heavy atom. The molecular weight excluding hydrogens is 292 g/mol. The molecule has 0 N–H and O–H groups in total. The Bertz CT molecular complexity index is 656. The van der Waals surface area contributed by atoms with Gasteiger partial charge in [0.15, 0.2) is 6.10 Å². The summed E-state index contributed by atoms with van der Waals surface area (Å²) in [4.78, 5) is 12.1. The van der Waals surface area contributed by atoms with Gasteiger partial charge in [-0.1, -0.05) is 42.5 Å². The van der Waals surface area contributed by atoms with Gasteiger partial charge in [-0.15, -0.1) is 0 Å². The molecule has 1 aliphatic heterocycles. The average Bonchev–Trinajstić information content (AvgIpc) is 3.11. The molecular formula is C19H22O4. The molecule has 0 radical (unpaired) electrons. The van der Waals surface area contributed by atoms with Gasteiger partial charge in [0.2, 0.25) is 0 Å². The predicted octanol–water partition coefficient (Wildman–Crippen LogP) is 3.47. The smallest absolute Gasteiger partial charge is 0.335 e. The van der Waals surface area contributed by atoms with Crippen LogP contribution in [0.15, 0.2) is 42.5 Å². The molecule has 1 fully saturated rings. The highest BCUT2D eigenvalue weighted by atomic mass is 16.6. The summed E-state index contributed by atoms with van der Waals surface area (Å²) >= 11 is 0. The van der Waals surface area contributed by atoms with Crippen molar-refractivity contribution in [2.45, 2.75) is 38.6 Å². The van der Waals surface area contributed by atoms with Crippen LogP contribution in [0.3, 0.4) is 0 Å². The molecule has 2 aromatic carbocycles. The molecule has 0 saturated carbocycles. The summed E-state index contributed by atoms with van der Waals surface area (Å²) in [5.41, 5.74) is 1.00. The molecule has 2 unspecified atom stereocenters. The zero-order valence-corrected chi connectivity index (χ0v) is 13.4. The molecule has 4 heteroatoms. The van der Waals surface area contributed by atoms with Crippen molar-refractivity contribution in [2.75, 3.05) is 13.2 Å². The molecule has 23 heavy (non-hydrogen) atoms. The fraction of sp³-hybridized carbons (Fsp3) is 0.421.